The summed E-state index contributed by atoms with van der Waals surface area (Å²) >= 11 is 0. The largest absolute Gasteiger partial charge is 0.379 e. The van der Waals surface area contributed by atoms with E-state index in [2.05, 4.69) is 34.4 Å². The van der Waals surface area contributed by atoms with E-state index in [9.17, 15) is 4.39 Å². The molecule has 0 amide bonds. The second kappa shape index (κ2) is 9.15. The van der Waals surface area contributed by atoms with Crippen molar-refractivity contribution in [1.82, 2.24) is 15.5 Å². The summed E-state index contributed by atoms with van der Waals surface area (Å²) in [5.74, 6) is 0.607. The summed E-state index contributed by atoms with van der Waals surface area (Å²) in [4.78, 5) is 7.07. The lowest BCUT2D eigenvalue weighted by atomic mass is 10.0. The highest BCUT2D eigenvalue weighted by molar-refractivity contribution is 5.79. The van der Waals surface area contributed by atoms with Crippen LogP contribution in [0.3, 0.4) is 0 Å². The zero-order valence-corrected chi connectivity index (χ0v) is 15.9. The van der Waals surface area contributed by atoms with E-state index in [0.717, 1.165) is 50.9 Å². The van der Waals surface area contributed by atoms with Crippen LogP contribution in [-0.4, -0.2) is 55.8 Å². The monoisotopic (exact) mass is 350 g/mol. The standard InChI is InChI=1S/C19H31FN4O/c1-5-21-18(22-13-16-6-7-17(20)15(2)12-16)23-14-19(3,4)24-8-10-25-11-9-24/h6-7,12H,5,8-11,13-14H2,1-4H3,(H2,21,22,23). The Labute approximate surface area is 150 Å². The number of halogens is 1. The fourth-order valence-corrected chi connectivity index (χ4v) is 2.90. The molecule has 0 unspecified atom stereocenters. The van der Waals surface area contributed by atoms with Gasteiger partial charge in [-0.1, -0.05) is 12.1 Å². The Kier molecular flexibility index (Phi) is 7.20. The van der Waals surface area contributed by atoms with Crippen LogP contribution in [0.25, 0.3) is 0 Å². The van der Waals surface area contributed by atoms with E-state index < -0.39 is 0 Å². The van der Waals surface area contributed by atoms with Crippen LogP contribution in [0.1, 0.15) is 31.9 Å². The van der Waals surface area contributed by atoms with Gasteiger partial charge >= 0.3 is 0 Å². The third kappa shape index (κ3) is 5.97. The van der Waals surface area contributed by atoms with Gasteiger partial charge in [-0.2, -0.15) is 0 Å². The number of guanidine groups is 1. The Morgan fingerprint density at radius 1 is 1.28 bits per heavy atom. The minimum atomic E-state index is -0.176. The van der Waals surface area contributed by atoms with Crippen molar-refractivity contribution in [2.75, 3.05) is 39.4 Å². The molecule has 2 rings (SSSR count). The number of hydrogen-bond acceptors (Lipinski definition) is 3. The Bertz CT molecular complexity index is 583. The molecule has 1 saturated heterocycles. The van der Waals surface area contributed by atoms with Gasteiger partial charge in [-0.05, 0) is 44.9 Å². The normalized spacial score (nSPS) is 16.8. The molecule has 2 N–H and O–H groups in total. The van der Waals surface area contributed by atoms with Crippen LogP contribution in [0.2, 0.25) is 0 Å². The second-order valence-electron chi connectivity index (χ2n) is 7.04. The summed E-state index contributed by atoms with van der Waals surface area (Å²) in [5, 5.41) is 6.71. The molecule has 0 aromatic heterocycles. The van der Waals surface area contributed by atoms with Gasteiger partial charge < -0.3 is 15.4 Å². The second-order valence-corrected chi connectivity index (χ2v) is 7.04. The number of rotatable bonds is 6. The van der Waals surface area contributed by atoms with E-state index in [1.165, 1.54) is 6.07 Å². The number of nitrogens with one attached hydrogen (secondary N) is 2. The first kappa shape index (κ1) is 19.7. The van der Waals surface area contributed by atoms with Crippen molar-refractivity contribution in [3.05, 3.63) is 35.1 Å². The molecule has 1 fully saturated rings. The molecule has 0 spiro atoms. The van der Waals surface area contributed by atoms with Crippen molar-refractivity contribution in [1.29, 1.82) is 0 Å². The van der Waals surface area contributed by atoms with Gasteiger partial charge in [0.25, 0.3) is 0 Å². The number of aryl methyl sites for hydroxylation is 1. The van der Waals surface area contributed by atoms with E-state index >= 15 is 0 Å². The molecule has 0 bridgehead atoms. The van der Waals surface area contributed by atoms with Gasteiger partial charge in [-0.25, -0.2) is 9.38 Å². The van der Waals surface area contributed by atoms with E-state index in [1.807, 2.05) is 13.0 Å². The molecule has 0 saturated carbocycles. The van der Waals surface area contributed by atoms with Crippen molar-refractivity contribution in [3.8, 4) is 0 Å². The van der Waals surface area contributed by atoms with Gasteiger partial charge in [0.15, 0.2) is 5.96 Å². The zero-order valence-electron chi connectivity index (χ0n) is 15.9. The molecule has 25 heavy (non-hydrogen) atoms. The SMILES string of the molecule is CCNC(=NCc1ccc(F)c(C)c1)NCC(C)(C)N1CCOCC1. The molecular weight excluding hydrogens is 319 g/mol. The lowest BCUT2D eigenvalue weighted by Crippen LogP contribution is -2.56. The Balaban J connectivity index is 1.95. The molecule has 0 aliphatic carbocycles. The summed E-state index contributed by atoms with van der Waals surface area (Å²) in [6.07, 6.45) is 0. The third-order valence-corrected chi connectivity index (χ3v) is 4.54. The fraction of sp³-hybridized carbons (Fsp3) is 0.632. The smallest absolute Gasteiger partial charge is 0.191 e. The van der Waals surface area contributed by atoms with Crippen molar-refractivity contribution >= 4 is 5.96 Å². The highest BCUT2D eigenvalue weighted by Gasteiger charge is 2.28. The van der Waals surface area contributed by atoms with Gasteiger partial charge in [0.1, 0.15) is 5.82 Å². The molecule has 1 heterocycles. The first-order valence-electron chi connectivity index (χ1n) is 9.02. The van der Waals surface area contributed by atoms with Crippen LogP contribution in [0.5, 0.6) is 0 Å². The molecule has 0 atom stereocenters. The number of morpholine rings is 1. The Morgan fingerprint density at radius 3 is 2.64 bits per heavy atom. The molecule has 0 radical (unpaired) electrons. The van der Waals surface area contributed by atoms with E-state index in [-0.39, 0.29) is 11.4 Å². The van der Waals surface area contributed by atoms with Crippen LogP contribution in [0.4, 0.5) is 4.39 Å². The van der Waals surface area contributed by atoms with Gasteiger partial charge in [-0.15, -0.1) is 0 Å². The Morgan fingerprint density at radius 2 is 2.00 bits per heavy atom. The maximum atomic E-state index is 13.4. The molecule has 6 heteroatoms. The lowest BCUT2D eigenvalue weighted by Gasteiger charge is -2.41. The summed E-state index contributed by atoms with van der Waals surface area (Å²) in [6, 6.07) is 5.13. The number of ether oxygens (including phenoxy) is 1. The number of benzene rings is 1. The topological polar surface area (TPSA) is 48.9 Å². The van der Waals surface area contributed by atoms with Crippen LogP contribution in [-0.2, 0) is 11.3 Å². The van der Waals surface area contributed by atoms with E-state index in [1.54, 1.807) is 13.0 Å². The van der Waals surface area contributed by atoms with Gasteiger partial charge in [0, 0.05) is 31.7 Å². The van der Waals surface area contributed by atoms with Crippen LogP contribution < -0.4 is 10.6 Å². The van der Waals surface area contributed by atoms with Crippen molar-refractivity contribution < 1.29 is 9.13 Å². The first-order valence-corrected chi connectivity index (χ1v) is 9.02. The molecule has 140 valence electrons. The van der Waals surface area contributed by atoms with Crippen LogP contribution >= 0.6 is 0 Å². The fourth-order valence-electron chi connectivity index (χ4n) is 2.90. The van der Waals surface area contributed by atoms with Gasteiger partial charge in [-0.3, -0.25) is 4.90 Å². The zero-order chi connectivity index (χ0) is 18.3. The summed E-state index contributed by atoms with van der Waals surface area (Å²) in [7, 11) is 0. The third-order valence-electron chi connectivity index (χ3n) is 4.54. The van der Waals surface area contributed by atoms with Crippen molar-refractivity contribution in [2.24, 2.45) is 4.99 Å². The molecule has 5 nitrogen and oxygen atoms in total. The highest BCUT2D eigenvalue weighted by atomic mass is 19.1. The maximum absolute atomic E-state index is 13.4. The van der Waals surface area contributed by atoms with E-state index in [4.69, 9.17) is 4.74 Å². The summed E-state index contributed by atoms with van der Waals surface area (Å²) in [5.41, 5.74) is 1.68. The predicted molar refractivity (Wildman–Crippen MR) is 100 cm³/mol. The average molecular weight is 350 g/mol. The number of aliphatic imine (C=N–C) groups is 1. The average Bonchev–Trinajstić information content (AvgIpc) is 2.61. The molecule has 1 aromatic rings. The molecule has 1 aliphatic rings. The van der Waals surface area contributed by atoms with Crippen molar-refractivity contribution in [2.45, 2.75) is 39.8 Å². The Hall–Kier alpha value is -1.66. The minimum Gasteiger partial charge on any atom is -0.379 e. The highest BCUT2D eigenvalue weighted by Crippen LogP contribution is 2.15. The number of nitrogens with zero attached hydrogens (tertiary/aromatic N) is 2. The maximum Gasteiger partial charge on any atom is 0.191 e. The van der Waals surface area contributed by atoms with Gasteiger partial charge in [0.05, 0.1) is 19.8 Å². The predicted octanol–water partition coefficient (Wildman–Crippen LogP) is 2.30. The summed E-state index contributed by atoms with van der Waals surface area (Å²) < 4.78 is 18.8. The molecule has 1 aliphatic heterocycles. The van der Waals surface area contributed by atoms with E-state index in [0.29, 0.717) is 12.1 Å². The van der Waals surface area contributed by atoms with Crippen molar-refractivity contribution in [3.63, 3.8) is 0 Å². The van der Waals surface area contributed by atoms with Crippen LogP contribution in [0, 0.1) is 12.7 Å². The summed E-state index contributed by atoms with van der Waals surface area (Å²) in [6.45, 7) is 13.9. The number of hydrogen-bond donors (Lipinski definition) is 2. The lowest BCUT2D eigenvalue weighted by molar-refractivity contribution is -0.00834. The van der Waals surface area contributed by atoms with Crippen LogP contribution in [0.15, 0.2) is 23.2 Å². The minimum absolute atomic E-state index is 0.0203. The van der Waals surface area contributed by atoms with Gasteiger partial charge in [0.2, 0.25) is 0 Å². The molecule has 1 aromatic carbocycles. The molecular formula is C19H31FN4O. The quantitative estimate of drug-likeness (QED) is 0.611. The first-order chi connectivity index (χ1) is 11.9.